The number of pyridine rings is 1. The number of fused-ring (bicyclic) bond motifs is 1. The van der Waals surface area contributed by atoms with Crippen LogP contribution in [0.15, 0.2) is 88.7 Å². The minimum atomic E-state index is -0.439. The van der Waals surface area contributed by atoms with E-state index in [1.54, 1.807) is 41.8 Å². The van der Waals surface area contributed by atoms with Crippen LogP contribution in [0.2, 0.25) is 0 Å². The van der Waals surface area contributed by atoms with Crippen molar-refractivity contribution in [2.75, 3.05) is 12.3 Å². The molecule has 0 saturated heterocycles. The normalized spacial score (nSPS) is 12.5. The summed E-state index contributed by atoms with van der Waals surface area (Å²) in [4.78, 5) is 34.0. The molecule has 3 heterocycles. The molecule has 5 aromatic rings. The zero-order valence-electron chi connectivity index (χ0n) is 22.0. The van der Waals surface area contributed by atoms with Gasteiger partial charge in [0.2, 0.25) is 0 Å². The van der Waals surface area contributed by atoms with Gasteiger partial charge in [-0.15, -0.1) is 23.1 Å². The van der Waals surface area contributed by atoms with Crippen molar-refractivity contribution in [3.05, 3.63) is 95.0 Å². The molecule has 1 unspecified atom stereocenters. The number of aliphatic imine (C=N–C) groups is 1. The van der Waals surface area contributed by atoms with Crippen LogP contribution in [0.25, 0.3) is 22.0 Å². The average molecular weight is 570 g/mol. The van der Waals surface area contributed by atoms with E-state index in [1.807, 2.05) is 19.1 Å². The van der Waals surface area contributed by atoms with Crippen molar-refractivity contribution in [3.63, 3.8) is 0 Å². The average Bonchev–Trinajstić information content (AvgIpc) is 3.70. The predicted molar refractivity (Wildman–Crippen MR) is 160 cm³/mol. The summed E-state index contributed by atoms with van der Waals surface area (Å²) in [7, 11) is 0. The first-order chi connectivity index (χ1) is 19.6. The molecular formula is C30H29N6O2S2-. The molecular weight excluding hydrogens is 541 g/mol. The lowest BCUT2D eigenvalue weighted by Gasteiger charge is -2.16. The van der Waals surface area contributed by atoms with Crippen LogP contribution in [-0.2, 0) is 0 Å². The van der Waals surface area contributed by atoms with Gasteiger partial charge in [0, 0.05) is 30.4 Å². The number of thiazole rings is 1. The number of imidazole rings is 1. The van der Waals surface area contributed by atoms with Crippen LogP contribution < -0.4 is 10.4 Å². The number of rotatable bonds is 12. The van der Waals surface area contributed by atoms with Crippen LogP contribution in [0.1, 0.15) is 53.3 Å². The maximum absolute atomic E-state index is 12.8. The number of thioether (sulfide) groups is 1. The third kappa shape index (κ3) is 6.75. The van der Waals surface area contributed by atoms with Crippen molar-refractivity contribution in [2.24, 2.45) is 4.99 Å². The van der Waals surface area contributed by atoms with Gasteiger partial charge in [-0.2, -0.15) is 0 Å². The van der Waals surface area contributed by atoms with E-state index in [0.717, 1.165) is 40.3 Å². The van der Waals surface area contributed by atoms with Gasteiger partial charge in [-0.3, -0.25) is 14.8 Å². The van der Waals surface area contributed by atoms with Crippen molar-refractivity contribution in [1.29, 1.82) is 0 Å². The first-order valence-electron chi connectivity index (χ1n) is 13.2. The third-order valence-corrected chi connectivity index (χ3v) is 8.02. The molecule has 204 valence electrons. The number of nitrogens with one attached hydrogen (secondary N) is 2. The Labute approximate surface area is 241 Å². The quantitative estimate of drug-likeness (QED) is 0.0868. The molecule has 0 saturated carbocycles. The minimum Gasteiger partial charge on any atom is -0.858 e. The zero-order chi connectivity index (χ0) is 27.7. The van der Waals surface area contributed by atoms with E-state index in [0.29, 0.717) is 29.2 Å². The molecule has 0 bridgehead atoms. The minimum absolute atomic E-state index is 0.128. The topological polar surface area (TPSA) is 119 Å². The fraction of sp³-hybridized carbons (Fsp3) is 0.233. The van der Waals surface area contributed by atoms with Gasteiger partial charge in [-0.05, 0) is 54.0 Å². The Balaban J connectivity index is 1.26. The Kier molecular flexibility index (Phi) is 9.20. The van der Waals surface area contributed by atoms with Crippen molar-refractivity contribution >= 4 is 45.7 Å². The molecule has 1 atom stereocenters. The van der Waals surface area contributed by atoms with Crippen LogP contribution in [0.5, 0.6) is 0 Å². The molecule has 2 aromatic carbocycles. The molecule has 0 aliphatic heterocycles. The Bertz CT molecular complexity index is 1600. The van der Waals surface area contributed by atoms with E-state index < -0.39 is 6.04 Å². The fourth-order valence-corrected chi connectivity index (χ4v) is 5.61. The summed E-state index contributed by atoms with van der Waals surface area (Å²) in [6, 6.07) is 17.6. The summed E-state index contributed by atoms with van der Waals surface area (Å²) in [5.74, 6) is 1.05. The van der Waals surface area contributed by atoms with Gasteiger partial charge in [-0.25, -0.2) is 9.97 Å². The molecule has 10 heteroatoms. The molecule has 0 aliphatic carbocycles. The van der Waals surface area contributed by atoms with E-state index in [1.165, 1.54) is 22.9 Å². The van der Waals surface area contributed by atoms with Crippen molar-refractivity contribution < 1.29 is 9.90 Å². The van der Waals surface area contributed by atoms with Gasteiger partial charge in [0.1, 0.15) is 16.9 Å². The molecule has 0 radical (unpaired) electrons. The third-order valence-electron chi connectivity index (χ3n) is 6.37. The first kappa shape index (κ1) is 27.5. The molecule has 3 aromatic heterocycles. The SMILES string of the molecule is CCSc1ncccc1C(=O)NCCCCC(N=C([O-])c1cncs1)c1ncc(-c2ccc3ccccc3c2)[nH]1. The maximum Gasteiger partial charge on any atom is 0.254 e. The van der Waals surface area contributed by atoms with Gasteiger partial charge < -0.3 is 15.4 Å². The van der Waals surface area contributed by atoms with Crippen molar-refractivity contribution in [1.82, 2.24) is 25.3 Å². The second kappa shape index (κ2) is 13.4. The molecule has 0 fully saturated rings. The highest BCUT2D eigenvalue weighted by Gasteiger charge is 2.16. The highest BCUT2D eigenvalue weighted by atomic mass is 32.2. The highest BCUT2D eigenvalue weighted by Crippen LogP contribution is 2.27. The number of carbonyl (C=O) groups excluding carboxylic acids is 1. The molecule has 8 nitrogen and oxygen atoms in total. The van der Waals surface area contributed by atoms with Crippen molar-refractivity contribution in [2.45, 2.75) is 37.3 Å². The van der Waals surface area contributed by atoms with Crippen LogP contribution >= 0.6 is 23.1 Å². The summed E-state index contributed by atoms with van der Waals surface area (Å²) in [5.41, 5.74) is 4.10. The van der Waals surface area contributed by atoms with E-state index in [4.69, 9.17) is 0 Å². The number of nitrogens with zero attached hydrogens (tertiary/aromatic N) is 4. The number of benzene rings is 2. The fourth-order valence-electron chi connectivity index (χ4n) is 4.37. The lowest BCUT2D eigenvalue weighted by atomic mass is 10.1. The summed E-state index contributed by atoms with van der Waals surface area (Å²) in [5, 5.41) is 18.9. The van der Waals surface area contributed by atoms with E-state index in [2.05, 4.69) is 60.6 Å². The molecule has 5 rings (SSSR count). The van der Waals surface area contributed by atoms with Gasteiger partial charge in [0.15, 0.2) is 0 Å². The number of H-pyrrole nitrogens is 1. The largest absolute Gasteiger partial charge is 0.858 e. The number of amides is 1. The summed E-state index contributed by atoms with van der Waals surface area (Å²) in [6.45, 7) is 2.55. The van der Waals surface area contributed by atoms with Gasteiger partial charge in [0.05, 0.1) is 27.8 Å². The second-order valence-electron chi connectivity index (χ2n) is 9.10. The number of carbonyl (C=O) groups is 1. The Hall–Kier alpha value is -4.02. The summed E-state index contributed by atoms with van der Waals surface area (Å²) in [6.07, 6.45) is 7.12. The molecule has 2 N–H and O–H groups in total. The number of aromatic amines is 1. The molecule has 40 heavy (non-hydrogen) atoms. The Morgan fingerprint density at radius 3 is 2.80 bits per heavy atom. The first-order valence-corrected chi connectivity index (χ1v) is 15.0. The maximum atomic E-state index is 12.8. The number of unbranched alkanes of at least 4 members (excludes halogenated alkanes) is 1. The molecule has 0 spiro atoms. The summed E-state index contributed by atoms with van der Waals surface area (Å²) < 4.78 is 0. The summed E-state index contributed by atoms with van der Waals surface area (Å²) >= 11 is 2.82. The Morgan fingerprint density at radius 1 is 1.10 bits per heavy atom. The van der Waals surface area contributed by atoms with Crippen LogP contribution in [0.4, 0.5) is 0 Å². The molecule has 0 aliphatic rings. The van der Waals surface area contributed by atoms with Gasteiger partial charge in [-0.1, -0.05) is 43.3 Å². The smallest absolute Gasteiger partial charge is 0.254 e. The van der Waals surface area contributed by atoms with E-state index in [-0.39, 0.29) is 11.8 Å². The predicted octanol–water partition coefficient (Wildman–Crippen LogP) is 5.64. The lowest BCUT2D eigenvalue weighted by Crippen LogP contribution is -2.25. The van der Waals surface area contributed by atoms with Crippen LogP contribution in [-0.4, -0.2) is 44.0 Å². The number of aromatic nitrogens is 4. The monoisotopic (exact) mass is 569 g/mol. The zero-order valence-corrected chi connectivity index (χ0v) is 23.7. The van der Waals surface area contributed by atoms with E-state index in [9.17, 15) is 9.90 Å². The van der Waals surface area contributed by atoms with E-state index >= 15 is 0 Å². The Morgan fingerprint density at radius 2 is 1.98 bits per heavy atom. The van der Waals surface area contributed by atoms with Gasteiger partial charge in [0.25, 0.3) is 5.91 Å². The second-order valence-corrected chi connectivity index (χ2v) is 11.2. The number of hydrogen-bond acceptors (Lipinski definition) is 8. The standard InChI is InChI=1S/C30H30N6O2S2/c1-2-39-30-23(10-7-15-33-30)28(37)32-14-6-5-11-24(36-29(38)26-18-31-19-40-26)27-34-17-25(35-27)22-13-12-20-8-3-4-9-21(20)16-22/h3-4,7-10,12-13,15-19,24H,2,5-6,11,14H2,1H3,(H,32,37)(H,34,35)(H,36,38)/p-1. The van der Waals surface area contributed by atoms with Gasteiger partial charge >= 0.3 is 0 Å². The van der Waals surface area contributed by atoms with Crippen LogP contribution in [0.3, 0.4) is 0 Å². The number of hydrogen-bond donors (Lipinski definition) is 2. The molecule has 1 amide bonds. The van der Waals surface area contributed by atoms with Crippen molar-refractivity contribution in [3.8, 4) is 11.3 Å². The lowest BCUT2D eigenvalue weighted by molar-refractivity contribution is -0.213. The van der Waals surface area contributed by atoms with Crippen LogP contribution in [0, 0.1) is 0 Å². The highest BCUT2D eigenvalue weighted by molar-refractivity contribution is 7.99.